The summed E-state index contributed by atoms with van der Waals surface area (Å²) in [4.78, 5) is 12.9. The SMILES string of the molecule is [B]C([B])(F)c1c(OS(=O)(=O)C(F)(C([B])(C)P)C(F)(P)P)nn(C)c1-n1cc(-c2ccc(C)c(C(=O)N[C@H]3CC3C#C)c2)cn1. The molecule has 0 saturated heterocycles. The van der Waals surface area contributed by atoms with Gasteiger partial charge in [0.15, 0.2) is 11.0 Å². The number of halogens is 3. The molecule has 1 N–H and O–H groups in total. The van der Waals surface area contributed by atoms with Gasteiger partial charge >= 0.3 is 10.1 Å². The highest BCUT2D eigenvalue weighted by Gasteiger charge is 2.66. The van der Waals surface area contributed by atoms with Gasteiger partial charge in [-0.25, -0.2) is 18.1 Å². The molecular weight excluding hydrogens is 649 g/mol. The zero-order chi connectivity index (χ0) is 33.2. The summed E-state index contributed by atoms with van der Waals surface area (Å²) in [6.07, 6.45) is 8.90. The van der Waals surface area contributed by atoms with E-state index in [0.717, 1.165) is 16.3 Å². The molecule has 3 aromatic rings. The quantitative estimate of drug-likeness (QED) is 0.153. The van der Waals surface area contributed by atoms with Crippen molar-refractivity contribution in [2.75, 3.05) is 0 Å². The molecule has 0 bridgehead atoms. The summed E-state index contributed by atoms with van der Waals surface area (Å²) in [5.74, 6) is 0.912. The molecule has 1 aromatic carbocycles. The van der Waals surface area contributed by atoms with E-state index in [1.807, 2.05) is 0 Å². The molecule has 1 amide bonds. The highest BCUT2D eigenvalue weighted by molar-refractivity contribution is 7.89. The van der Waals surface area contributed by atoms with Gasteiger partial charge in [0.05, 0.1) is 25.1 Å². The Hall–Kier alpha value is -2.31. The van der Waals surface area contributed by atoms with Crippen molar-refractivity contribution in [3.63, 3.8) is 0 Å². The Morgan fingerprint density at radius 1 is 1.20 bits per heavy atom. The van der Waals surface area contributed by atoms with Crippen LogP contribution in [0.4, 0.5) is 13.2 Å². The molecule has 0 aliphatic heterocycles. The Bertz CT molecular complexity index is 1770. The lowest BCUT2D eigenvalue weighted by molar-refractivity contribution is 0.0949. The monoisotopic (exact) mass is 675 g/mol. The second-order valence-corrected chi connectivity index (χ2v) is 16.1. The van der Waals surface area contributed by atoms with Crippen LogP contribution < -0.4 is 9.50 Å². The molecule has 226 valence electrons. The van der Waals surface area contributed by atoms with Gasteiger partial charge in [-0.2, -0.15) is 13.5 Å². The lowest BCUT2D eigenvalue weighted by Crippen LogP contribution is -2.60. The van der Waals surface area contributed by atoms with Gasteiger partial charge in [0.25, 0.3) is 16.8 Å². The van der Waals surface area contributed by atoms with Crippen LogP contribution in [-0.4, -0.2) is 78.7 Å². The van der Waals surface area contributed by atoms with Crippen molar-refractivity contribution in [1.29, 1.82) is 0 Å². The van der Waals surface area contributed by atoms with E-state index in [4.69, 9.17) is 34.1 Å². The Labute approximate surface area is 264 Å². The molecule has 6 radical (unpaired) electrons. The lowest BCUT2D eigenvalue weighted by Gasteiger charge is -2.41. The van der Waals surface area contributed by atoms with Gasteiger partial charge in [0, 0.05) is 41.4 Å². The Morgan fingerprint density at radius 2 is 1.84 bits per heavy atom. The van der Waals surface area contributed by atoms with Crippen molar-refractivity contribution < 1.29 is 30.6 Å². The first kappa shape index (κ1) is 34.6. The van der Waals surface area contributed by atoms with E-state index in [1.165, 1.54) is 37.9 Å². The van der Waals surface area contributed by atoms with E-state index in [2.05, 4.69) is 21.4 Å². The van der Waals surface area contributed by atoms with Crippen LogP contribution in [0.5, 0.6) is 5.88 Å². The fourth-order valence-electron chi connectivity index (χ4n) is 4.60. The van der Waals surface area contributed by atoms with Crippen molar-refractivity contribution in [3.8, 4) is 35.2 Å². The number of hydrogen-bond donors (Lipinski definition) is 1. The van der Waals surface area contributed by atoms with Gasteiger partial charge in [-0.15, -0.1) is 26.7 Å². The Kier molecular flexibility index (Phi) is 9.03. The highest BCUT2D eigenvalue weighted by atomic mass is 32.2. The fraction of sp³-hybridized carbons (Fsp3) is 0.400. The third-order valence-corrected chi connectivity index (χ3v) is 10.7. The number of alkyl halides is 3. The van der Waals surface area contributed by atoms with Gasteiger partial charge in [-0.05, 0) is 30.5 Å². The van der Waals surface area contributed by atoms with Crippen molar-refractivity contribution >= 4 is 67.3 Å². The Balaban J connectivity index is 1.75. The number of carbonyl (C=O) groups excluding carboxylic acids is 1. The summed E-state index contributed by atoms with van der Waals surface area (Å²) in [5, 5.41) is 1.25. The maximum atomic E-state index is 16.0. The minimum atomic E-state index is -5.68. The molecule has 2 aromatic heterocycles. The third kappa shape index (κ3) is 6.23. The molecule has 19 heteroatoms. The molecule has 44 heavy (non-hydrogen) atoms. The van der Waals surface area contributed by atoms with Crippen molar-refractivity contribution in [3.05, 3.63) is 47.3 Å². The van der Waals surface area contributed by atoms with Crippen LogP contribution in [-0.2, 0) is 22.6 Å². The van der Waals surface area contributed by atoms with E-state index in [0.29, 0.717) is 28.7 Å². The summed E-state index contributed by atoms with van der Waals surface area (Å²) < 4.78 is 79.5. The van der Waals surface area contributed by atoms with Crippen LogP contribution in [0.3, 0.4) is 0 Å². The van der Waals surface area contributed by atoms with E-state index < -0.39 is 42.2 Å². The van der Waals surface area contributed by atoms with Gasteiger partial charge in [-0.1, -0.05) is 37.5 Å². The minimum absolute atomic E-state index is 0.00594. The number of hydrogen-bond acceptors (Lipinski definition) is 6. The number of aromatic nitrogens is 4. The lowest BCUT2D eigenvalue weighted by atomic mass is 9.63. The summed E-state index contributed by atoms with van der Waals surface area (Å²) in [6.45, 7) is 2.66. The smallest absolute Gasteiger partial charge is 0.350 e. The van der Waals surface area contributed by atoms with E-state index in [-0.39, 0.29) is 23.7 Å². The molecule has 1 aliphatic carbocycles. The average molecular weight is 675 g/mol. The van der Waals surface area contributed by atoms with Crippen LogP contribution in [0.25, 0.3) is 16.9 Å². The number of nitrogens with zero attached hydrogens (tertiary/aromatic N) is 4. The normalized spacial score (nSPS) is 19.8. The molecule has 1 aliphatic rings. The van der Waals surface area contributed by atoms with Crippen molar-refractivity contribution in [2.24, 2.45) is 13.0 Å². The van der Waals surface area contributed by atoms with E-state index >= 15 is 8.78 Å². The second kappa shape index (κ2) is 11.5. The van der Waals surface area contributed by atoms with Crippen molar-refractivity contribution in [2.45, 2.75) is 47.0 Å². The molecule has 1 fully saturated rings. The van der Waals surface area contributed by atoms with Gasteiger partial charge < -0.3 is 9.50 Å². The summed E-state index contributed by atoms with van der Waals surface area (Å²) in [6, 6.07) is 5.00. The minimum Gasteiger partial charge on any atom is -0.357 e. The second-order valence-electron chi connectivity index (χ2n) is 10.9. The molecule has 6 unspecified atom stereocenters. The molecule has 4 rings (SSSR count). The van der Waals surface area contributed by atoms with Crippen LogP contribution in [0, 0.1) is 25.2 Å². The zero-order valence-electron chi connectivity index (χ0n) is 23.8. The molecule has 9 nitrogen and oxygen atoms in total. The van der Waals surface area contributed by atoms with Gasteiger partial charge in [-0.3, -0.25) is 9.18 Å². The number of nitrogens with one attached hydrogen (secondary N) is 1. The number of benzene rings is 1. The standard InChI is InChI=1S/C25H26B3F3N5O4P3S/c1-5-13-9-17(13)33-19(37)16-8-14(7-6-12(16)2)15-10-32-36(11-15)21-18(23(27,28)29)20(34-35(21)4)40-44(38,39)24(30,22(3,26)41)25(31,42)43/h1,6-8,10-11,13,17H,9,41-43H2,2-4H3,(H,33,37)/t13?,17-,22?,24?/m0/s1. The predicted molar refractivity (Wildman–Crippen MR) is 174 cm³/mol. The van der Waals surface area contributed by atoms with Crippen LogP contribution in [0.2, 0.25) is 0 Å². The first-order valence-corrected chi connectivity index (χ1v) is 15.9. The number of carbonyl (C=O) groups is 1. The highest BCUT2D eigenvalue weighted by Crippen LogP contribution is 2.54. The fourth-order valence-corrected chi connectivity index (χ4v) is 8.44. The summed E-state index contributed by atoms with van der Waals surface area (Å²) in [5.41, 5.74) is -2.05. The topological polar surface area (TPSA) is 108 Å². The molecule has 1 saturated carbocycles. The number of amides is 1. The third-order valence-electron chi connectivity index (χ3n) is 7.02. The molecule has 2 heterocycles. The van der Waals surface area contributed by atoms with E-state index in [1.54, 1.807) is 34.4 Å². The average Bonchev–Trinajstić information content (AvgIpc) is 3.28. The molecule has 7 atom stereocenters. The number of terminal acetylenes is 1. The maximum absolute atomic E-state index is 16.0. The predicted octanol–water partition coefficient (Wildman–Crippen LogP) is 2.26. The number of aryl methyl sites for hydroxylation is 2. The first-order valence-electron chi connectivity index (χ1n) is 12.8. The zero-order valence-corrected chi connectivity index (χ0v) is 28.0. The van der Waals surface area contributed by atoms with Gasteiger partial charge in [0.1, 0.15) is 15.7 Å². The van der Waals surface area contributed by atoms with Crippen LogP contribution >= 0.6 is 27.7 Å². The number of rotatable bonds is 10. The largest absolute Gasteiger partial charge is 0.357 e. The Morgan fingerprint density at radius 3 is 2.36 bits per heavy atom. The first-order chi connectivity index (χ1) is 20.0. The molecule has 0 spiro atoms. The van der Waals surface area contributed by atoms with Crippen LogP contribution in [0.1, 0.15) is 34.8 Å². The van der Waals surface area contributed by atoms with E-state index in [9.17, 15) is 17.6 Å². The maximum Gasteiger partial charge on any atom is 0.350 e. The summed E-state index contributed by atoms with van der Waals surface area (Å²) in [7, 11) is 16.8. The van der Waals surface area contributed by atoms with Crippen molar-refractivity contribution in [1.82, 2.24) is 24.9 Å². The van der Waals surface area contributed by atoms with Crippen LogP contribution in [0.15, 0.2) is 30.6 Å². The van der Waals surface area contributed by atoms with Gasteiger partial charge in [0.2, 0.25) is 0 Å². The summed E-state index contributed by atoms with van der Waals surface area (Å²) >= 11 is 0. The molecular formula is C25H26B3F3N5O4P3S.